The molecule has 1 saturated carbocycles. The third-order valence-electron chi connectivity index (χ3n) is 5.28. The van der Waals surface area contributed by atoms with Gasteiger partial charge in [0.25, 0.3) is 0 Å². The van der Waals surface area contributed by atoms with Crippen molar-refractivity contribution in [2.75, 3.05) is 30.9 Å². The fraction of sp³-hybridized carbons (Fsp3) is 0.636. The minimum absolute atomic E-state index is 0.0807. The predicted octanol–water partition coefficient (Wildman–Crippen LogP) is 4.28. The summed E-state index contributed by atoms with van der Waals surface area (Å²) < 4.78 is 0. The van der Waals surface area contributed by atoms with E-state index in [1.165, 1.54) is 0 Å². The maximum Gasteiger partial charge on any atom is 0.227 e. The summed E-state index contributed by atoms with van der Waals surface area (Å²) in [6, 6.07) is 6.01. The molecule has 0 aromatic heterocycles. The third kappa shape index (κ3) is 5.72. The topological polar surface area (TPSA) is 52.7 Å². The van der Waals surface area contributed by atoms with Crippen LogP contribution in [0.3, 0.4) is 0 Å². The van der Waals surface area contributed by atoms with Crippen molar-refractivity contribution in [1.29, 1.82) is 0 Å². The monoisotopic (exact) mass is 373 g/mol. The highest BCUT2D eigenvalue weighted by atomic mass is 16.2. The van der Waals surface area contributed by atoms with E-state index in [1.807, 2.05) is 37.2 Å². The normalized spacial score (nSPS) is 13.6. The number of amides is 2. The summed E-state index contributed by atoms with van der Waals surface area (Å²) in [6.45, 7) is 7.59. The number of hydrogen-bond acceptors (Lipinski definition) is 3. The lowest BCUT2D eigenvalue weighted by Gasteiger charge is -2.28. The van der Waals surface area contributed by atoms with E-state index in [1.54, 1.807) is 0 Å². The molecule has 1 aromatic rings. The fourth-order valence-corrected chi connectivity index (χ4v) is 3.45. The molecule has 5 heteroatoms. The molecule has 1 aliphatic rings. The molecule has 0 radical (unpaired) electrons. The van der Waals surface area contributed by atoms with Crippen LogP contribution in [0.2, 0.25) is 0 Å². The van der Waals surface area contributed by atoms with Crippen molar-refractivity contribution < 1.29 is 9.59 Å². The van der Waals surface area contributed by atoms with E-state index in [-0.39, 0.29) is 23.7 Å². The molecule has 0 atom stereocenters. The number of nitrogens with zero attached hydrogens (tertiary/aromatic N) is 2. The summed E-state index contributed by atoms with van der Waals surface area (Å²) >= 11 is 0. The van der Waals surface area contributed by atoms with Crippen molar-refractivity contribution >= 4 is 23.2 Å². The molecular formula is C22H35N3O2. The molecule has 2 amide bonds. The summed E-state index contributed by atoms with van der Waals surface area (Å²) in [5, 5.41) is 3.03. The molecule has 27 heavy (non-hydrogen) atoms. The first kappa shape index (κ1) is 21.3. The maximum atomic E-state index is 13.0. The summed E-state index contributed by atoms with van der Waals surface area (Å²) in [4.78, 5) is 29.1. The van der Waals surface area contributed by atoms with E-state index in [0.717, 1.165) is 55.6 Å². The first-order valence-corrected chi connectivity index (χ1v) is 10.3. The zero-order chi connectivity index (χ0) is 20.0. The Kier molecular flexibility index (Phi) is 7.69. The van der Waals surface area contributed by atoms with Crippen LogP contribution in [0.1, 0.15) is 58.4 Å². The highest BCUT2D eigenvalue weighted by Gasteiger charge is 2.29. The highest BCUT2D eigenvalue weighted by molar-refractivity contribution is 5.94. The molecule has 1 fully saturated rings. The molecule has 1 N–H and O–H groups in total. The Hall–Kier alpha value is -2.04. The number of carbonyl (C=O) groups excluding carboxylic acids is 2. The Labute approximate surface area is 164 Å². The Morgan fingerprint density at radius 3 is 2.33 bits per heavy atom. The van der Waals surface area contributed by atoms with Crippen LogP contribution in [0.15, 0.2) is 18.2 Å². The molecule has 0 spiro atoms. The lowest BCUT2D eigenvalue weighted by Crippen LogP contribution is -2.36. The van der Waals surface area contributed by atoms with E-state index in [4.69, 9.17) is 0 Å². The Morgan fingerprint density at radius 2 is 1.81 bits per heavy atom. The minimum atomic E-state index is 0.0807. The fourth-order valence-electron chi connectivity index (χ4n) is 3.45. The minimum Gasteiger partial charge on any atom is -0.377 e. The van der Waals surface area contributed by atoms with E-state index < -0.39 is 0 Å². The standard InChI is InChI=1S/C22H35N3O2/c1-6-13-25(22(27)16(7-2)8-3)15-18-14-19(11-12-20(18)24(4)5)23-21(26)17-9-10-17/h11-12,14,16-17H,6-10,13,15H2,1-5H3,(H,23,26). The summed E-state index contributed by atoms with van der Waals surface area (Å²) in [6.07, 6.45) is 4.65. The van der Waals surface area contributed by atoms with Gasteiger partial charge in [0.2, 0.25) is 11.8 Å². The Morgan fingerprint density at radius 1 is 1.15 bits per heavy atom. The van der Waals surface area contributed by atoms with Gasteiger partial charge in [-0.15, -0.1) is 0 Å². The van der Waals surface area contributed by atoms with Gasteiger partial charge in [-0.05, 0) is 55.9 Å². The van der Waals surface area contributed by atoms with E-state index >= 15 is 0 Å². The highest BCUT2D eigenvalue weighted by Crippen LogP contribution is 2.31. The second-order valence-corrected chi connectivity index (χ2v) is 7.77. The average Bonchev–Trinajstić information content (AvgIpc) is 3.47. The lowest BCUT2D eigenvalue weighted by atomic mass is 10.0. The van der Waals surface area contributed by atoms with Gasteiger partial charge in [-0.25, -0.2) is 0 Å². The summed E-state index contributed by atoms with van der Waals surface area (Å²) in [5.41, 5.74) is 2.97. The smallest absolute Gasteiger partial charge is 0.227 e. The molecule has 5 nitrogen and oxygen atoms in total. The van der Waals surface area contributed by atoms with Crippen molar-refractivity contribution in [2.24, 2.45) is 11.8 Å². The zero-order valence-corrected chi connectivity index (χ0v) is 17.5. The van der Waals surface area contributed by atoms with Gasteiger partial charge < -0.3 is 15.1 Å². The third-order valence-corrected chi connectivity index (χ3v) is 5.28. The zero-order valence-electron chi connectivity index (χ0n) is 17.5. The molecule has 0 saturated heterocycles. The SMILES string of the molecule is CCCN(Cc1cc(NC(=O)C2CC2)ccc1N(C)C)C(=O)C(CC)CC. The van der Waals surface area contributed by atoms with Crippen LogP contribution in [0.25, 0.3) is 0 Å². The van der Waals surface area contributed by atoms with Gasteiger partial charge in [0.1, 0.15) is 0 Å². The average molecular weight is 374 g/mol. The van der Waals surface area contributed by atoms with Gasteiger partial charge in [0.15, 0.2) is 0 Å². The van der Waals surface area contributed by atoms with Crippen molar-refractivity contribution in [2.45, 2.75) is 59.4 Å². The van der Waals surface area contributed by atoms with E-state index in [0.29, 0.717) is 6.54 Å². The molecule has 2 rings (SSSR count). The molecule has 150 valence electrons. The largest absolute Gasteiger partial charge is 0.377 e. The molecule has 0 unspecified atom stereocenters. The van der Waals surface area contributed by atoms with Gasteiger partial charge in [-0.3, -0.25) is 9.59 Å². The van der Waals surface area contributed by atoms with Crippen LogP contribution in [-0.4, -0.2) is 37.4 Å². The number of benzene rings is 1. The molecular weight excluding hydrogens is 338 g/mol. The lowest BCUT2D eigenvalue weighted by molar-refractivity contribution is -0.136. The molecule has 0 heterocycles. The van der Waals surface area contributed by atoms with Crippen LogP contribution in [0.4, 0.5) is 11.4 Å². The van der Waals surface area contributed by atoms with Crippen molar-refractivity contribution in [3.63, 3.8) is 0 Å². The van der Waals surface area contributed by atoms with Crippen LogP contribution in [0, 0.1) is 11.8 Å². The molecule has 0 bridgehead atoms. The quantitative estimate of drug-likeness (QED) is 0.666. The van der Waals surface area contributed by atoms with Crippen LogP contribution in [0.5, 0.6) is 0 Å². The van der Waals surface area contributed by atoms with E-state index in [2.05, 4.69) is 31.0 Å². The second kappa shape index (κ2) is 9.77. The second-order valence-electron chi connectivity index (χ2n) is 7.77. The van der Waals surface area contributed by atoms with Crippen LogP contribution < -0.4 is 10.2 Å². The number of anilines is 2. The first-order valence-electron chi connectivity index (χ1n) is 10.3. The Balaban J connectivity index is 2.25. The number of rotatable bonds is 10. The number of carbonyl (C=O) groups is 2. The maximum absolute atomic E-state index is 13.0. The molecule has 0 aliphatic heterocycles. The van der Waals surface area contributed by atoms with Crippen molar-refractivity contribution in [3.8, 4) is 0 Å². The molecule has 1 aliphatic carbocycles. The van der Waals surface area contributed by atoms with Crippen LogP contribution >= 0.6 is 0 Å². The van der Waals surface area contributed by atoms with Gasteiger partial charge in [-0.1, -0.05) is 20.8 Å². The van der Waals surface area contributed by atoms with Crippen molar-refractivity contribution in [3.05, 3.63) is 23.8 Å². The van der Waals surface area contributed by atoms with Gasteiger partial charge in [0.05, 0.1) is 0 Å². The Bertz CT molecular complexity index is 649. The van der Waals surface area contributed by atoms with Gasteiger partial charge in [0, 0.05) is 50.4 Å². The predicted molar refractivity (Wildman–Crippen MR) is 112 cm³/mol. The van der Waals surface area contributed by atoms with Gasteiger partial charge in [-0.2, -0.15) is 0 Å². The summed E-state index contributed by atoms with van der Waals surface area (Å²) in [7, 11) is 4.02. The van der Waals surface area contributed by atoms with Crippen LogP contribution in [-0.2, 0) is 16.1 Å². The molecule has 1 aromatic carbocycles. The number of nitrogens with one attached hydrogen (secondary N) is 1. The first-order chi connectivity index (χ1) is 12.9. The van der Waals surface area contributed by atoms with Gasteiger partial charge >= 0.3 is 0 Å². The number of hydrogen-bond donors (Lipinski definition) is 1. The summed E-state index contributed by atoms with van der Waals surface area (Å²) in [5.74, 6) is 0.600. The van der Waals surface area contributed by atoms with E-state index in [9.17, 15) is 9.59 Å². The van der Waals surface area contributed by atoms with Crippen molar-refractivity contribution in [1.82, 2.24) is 4.90 Å².